The van der Waals surface area contributed by atoms with E-state index in [1.807, 2.05) is 126 Å². The van der Waals surface area contributed by atoms with Crippen molar-refractivity contribution >= 4 is 241 Å². The molecule has 0 bridgehead atoms. The maximum atomic E-state index is 12.7. The van der Waals surface area contributed by atoms with Crippen molar-refractivity contribution in [2.45, 2.75) is 145 Å². The van der Waals surface area contributed by atoms with Crippen LogP contribution in [0.2, 0.25) is 0 Å². The average Bonchev–Trinajstić information content (AvgIpc) is 0.874. The standard InChI is InChI=1S/C21H34N6O5.C20H29N5O5.C18H27N5O4.C16H23N5O4.C3H10N2O.CH3I.2CN.CH4.2B.5HI.2Na.2V/c1-23-19(30)16(9-10-18(29)24-13-15(28)12-22)25-21(32)26-20(31)17(27(2)3)11-14-7-5-4-6-8-14;1-21-18(28)15(9-10-17(27)22-11-12-26)23-20(30)24-19(29)16(25(2)3)13-14-7-5-4-6-8-14;1-20-16(25)13(9-10-15(19)24)21-18(27)22-17(26)14(23(2)3)11-12-7-5-4-6-8-12;1-19-15(24)12(7-8-13(18)22)20-16(25)21-14(23)11(17)9-10-5-3-2-4-6-10;4-1-3(6)2-5;3*1-2;;;;;;;;;;;;/h4-8,15-17,28H,9-13,22H2,1-3H3,(H,23,30)(H,24,29)(H2,25,26,31,32);4-8,12,15-16H,9-11,13H2,1-3H3,(H,21,28)(H,22,27)(H2,23,24,29,30);4-8,13-14H,9-11H2,1-3H3,(H2,19,24)(H,20,25)(H2,21,22,26,27);2-6,11-12H,7-9,17H2,1H3,(H2,18,22)(H,19,24)(H2,20,21,23,25);3,6H,1-2,4-5H2;1H3;;;1H4;;;5*1H;;;;/q;;;;;;2*-1;;;;;;;;;2*+1;+2;+3/p-5/t15?,16-,17-;15-,16-;13-,14-;11-,12-;;;;;;;;;;;;;;;;/m0000................/s1. The number of nitrogens with zero attached hydrogens (tertiary/aromatic N) is 5. The third-order valence-electron chi connectivity index (χ3n) is 17.1. The smallest absolute Gasteiger partial charge is 1.00 e. The molecular weight excluding hydrogens is 2570 g/mol. The molecule has 0 aliphatic carbocycles. The summed E-state index contributed by atoms with van der Waals surface area (Å²) in [7, 11) is 16.6. The van der Waals surface area contributed by atoms with Gasteiger partial charge in [-0.15, -0.1) is 0 Å². The summed E-state index contributed by atoms with van der Waals surface area (Å²) in [6.45, 7) is 9.90. The van der Waals surface area contributed by atoms with Crippen LogP contribution in [0.5, 0.6) is 0 Å². The minimum absolute atomic E-state index is 0. The number of hydrogen-bond acceptors (Lipinski definition) is 28. The van der Waals surface area contributed by atoms with Gasteiger partial charge in [-0.3, -0.25) is 93.5 Å². The first-order chi connectivity index (χ1) is 63.0. The zero-order valence-corrected chi connectivity index (χ0v) is 98.5. The third-order valence-corrected chi connectivity index (χ3v) is 17.1. The monoisotopic (exact) mass is 2700 g/mol. The summed E-state index contributed by atoms with van der Waals surface area (Å²) in [6, 6.07) is 27.3. The van der Waals surface area contributed by atoms with Gasteiger partial charge in [0, 0.05) is 96.9 Å². The van der Waals surface area contributed by atoms with E-state index in [9.17, 15) is 86.6 Å². The van der Waals surface area contributed by atoms with Gasteiger partial charge in [0.15, 0.2) is 0 Å². The number of halogens is 6. The molecular formula is C82H130B2I6N25Na2O19V2. The molecule has 757 valence electrons. The Hall–Kier alpha value is -5.63. The van der Waals surface area contributed by atoms with E-state index < -0.39 is 156 Å². The van der Waals surface area contributed by atoms with E-state index in [1.54, 1.807) is 57.0 Å². The molecule has 0 fully saturated rings. The van der Waals surface area contributed by atoms with Gasteiger partial charge in [-0.1, -0.05) is 151 Å². The number of carbonyl (C=O) groups is 17. The molecule has 0 aliphatic rings. The molecule has 56 heteroatoms. The SMILES string of the molecule is C.CI.CNC(=O)[C@H](CCC(=O)NCC(O)CN)NC(=O)NC(=O)[C@H](Cc1ccccc1)N(C)C.CNC(=O)[C@H](CCC(=O)NCC=O)NC(=O)NC(=O)[C@H](Cc1ccccc1)N(C)C.CNC(=O)[C@H](CCC(N)=O)NC(=O)NC(=O)[C@@H](N)Cc1ccccc1.CNC(=O)[C@H](CCC(N)=O)NC(=O)NC(=O)[C@H](Cc1ccccc1)N(C)C.NCC(O)CN.[B].[B].[C-]#N.[C-]#N.[I][V]([I])[I].[I][V][I].[Na+].[Na+]. The largest absolute Gasteiger partial charge is 1.00 e. The van der Waals surface area contributed by atoms with Crippen molar-refractivity contribution < 1.29 is 165 Å². The normalized spacial score (nSPS) is 11.5. The van der Waals surface area contributed by atoms with Crippen molar-refractivity contribution in [2.75, 3.05) is 108 Å². The van der Waals surface area contributed by atoms with E-state index in [1.165, 1.54) is 28.2 Å². The number of rotatable bonds is 42. The van der Waals surface area contributed by atoms with Gasteiger partial charge in [0.2, 0.25) is 70.9 Å². The van der Waals surface area contributed by atoms with Crippen LogP contribution in [0.4, 0.5) is 19.2 Å². The molecule has 0 aliphatic heterocycles. The molecule has 0 saturated heterocycles. The molecule has 4 aromatic rings. The number of carbonyl (C=O) groups excluding carboxylic acids is 17. The first-order valence-corrected chi connectivity index (χ1v) is 64.4. The maximum absolute atomic E-state index is 12.7. The minimum Gasteiger partial charge on any atom is 1.00 e. The number of likely N-dealkylation sites (N-methyl/N-ethyl adjacent to an activating group) is 7. The maximum Gasteiger partial charge on any atom is 1.00 e. The molecule has 4 rings (SSSR count). The van der Waals surface area contributed by atoms with Crippen LogP contribution in [0.25, 0.3) is 0 Å². The van der Waals surface area contributed by atoms with Gasteiger partial charge in [0.25, 0.3) is 0 Å². The number of aliphatic hydroxyl groups excluding tert-OH is 2. The molecule has 20 amide bonds. The van der Waals surface area contributed by atoms with Crippen molar-refractivity contribution in [1.29, 1.82) is 10.5 Å². The summed E-state index contributed by atoms with van der Waals surface area (Å²) in [5.41, 5.74) is 34.8. The van der Waals surface area contributed by atoms with Crippen molar-refractivity contribution in [3.8, 4) is 0 Å². The van der Waals surface area contributed by atoms with Crippen molar-refractivity contribution in [3.05, 3.63) is 157 Å². The van der Waals surface area contributed by atoms with Crippen LogP contribution >= 0.6 is 122 Å². The van der Waals surface area contributed by atoms with E-state index in [0.717, 1.165) is 22.3 Å². The molecule has 9 atom stereocenters. The molecule has 28 N–H and O–H groups in total. The van der Waals surface area contributed by atoms with Crippen LogP contribution in [0.3, 0.4) is 0 Å². The van der Waals surface area contributed by atoms with E-state index >= 15 is 0 Å². The minimum atomic E-state index is -1.02. The summed E-state index contributed by atoms with van der Waals surface area (Å²) in [4.78, 5) is 208. The molecule has 0 heterocycles. The number of primary amides is 2. The fraction of sp³-hybridized carbons (Fsp3) is 0.476. The Morgan fingerprint density at radius 1 is 0.413 bits per heavy atom. The second-order valence-corrected chi connectivity index (χ2v) is 74.6. The quantitative estimate of drug-likeness (QED) is 0.00645. The van der Waals surface area contributed by atoms with Gasteiger partial charge in [0.05, 0.1) is 42.9 Å². The topological polar surface area (TPSA) is 712 Å². The number of nitrogens with two attached hydrogens (primary N) is 6. The Labute approximate surface area is 938 Å². The molecule has 0 aromatic heterocycles. The van der Waals surface area contributed by atoms with E-state index in [4.69, 9.17) is 63.2 Å². The Morgan fingerprint density at radius 3 is 0.833 bits per heavy atom. The van der Waals surface area contributed by atoms with Crippen molar-refractivity contribution in [1.82, 2.24) is 89.1 Å². The van der Waals surface area contributed by atoms with Crippen LogP contribution in [0.1, 0.15) is 81.0 Å². The summed E-state index contributed by atoms with van der Waals surface area (Å²) in [5, 5.41) is 63.2. The van der Waals surface area contributed by atoms with Crippen molar-refractivity contribution in [3.63, 3.8) is 0 Å². The number of alkyl halides is 1. The van der Waals surface area contributed by atoms with Gasteiger partial charge in [-0.25, -0.2) is 19.2 Å². The number of nitrogens with one attached hydrogen (secondary N) is 14. The average molecular weight is 2700 g/mol. The van der Waals surface area contributed by atoms with Gasteiger partial charge >= 0.3 is 198 Å². The third kappa shape index (κ3) is 83.8. The Morgan fingerprint density at radius 2 is 0.630 bits per heavy atom. The van der Waals surface area contributed by atoms with Crippen LogP contribution in [-0.2, 0) is 102 Å². The Bertz CT molecular complexity index is 4090. The molecule has 138 heavy (non-hydrogen) atoms. The first kappa shape index (κ1) is 155. The summed E-state index contributed by atoms with van der Waals surface area (Å²) in [6.07, 6.45) is 0.450. The van der Waals surface area contributed by atoms with Crippen LogP contribution < -0.4 is 168 Å². The van der Waals surface area contributed by atoms with Gasteiger partial charge in [-0.2, -0.15) is 0 Å². The van der Waals surface area contributed by atoms with Crippen LogP contribution in [-0.4, -0.2) is 312 Å². The van der Waals surface area contributed by atoms with Crippen molar-refractivity contribution in [2.24, 2.45) is 34.4 Å². The summed E-state index contributed by atoms with van der Waals surface area (Å²) in [5.74, 6) is -6.20. The molecule has 0 spiro atoms. The number of imide groups is 4. The van der Waals surface area contributed by atoms with Gasteiger partial charge in [0.1, 0.15) is 30.5 Å². The van der Waals surface area contributed by atoms with Crippen LogP contribution in [0, 0.1) is 23.7 Å². The molecule has 4 aromatic carbocycles. The van der Waals surface area contributed by atoms with E-state index in [0.29, 0.717) is 35.0 Å². The number of aliphatic hydroxyl groups is 2. The molecule has 0 saturated carbocycles. The number of aldehydes is 1. The Balaban J connectivity index is -0.000000161. The zero-order valence-electron chi connectivity index (χ0n) is 78.8. The molecule has 1 unspecified atom stereocenters. The zero-order chi connectivity index (χ0) is 103. The van der Waals surface area contributed by atoms with E-state index in [-0.39, 0.29) is 179 Å². The number of urea groups is 4. The second kappa shape index (κ2) is 100. The summed E-state index contributed by atoms with van der Waals surface area (Å²) >= 11 is 14.3. The molecule has 44 nitrogen and oxygen atoms in total. The first-order valence-electron chi connectivity index (χ1n) is 39.7. The van der Waals surface area contributed by atoms with Crippen LogP contribution in [0.15, 0.2) is 121 Å². The number of benzene rings is 4. The predicted octanol–water partition coefficient (Wildman–Crippen LogP) is -6.55. The van der Waals surface area contributed by atoms with Gasteiger partial charge in [-0.05, 0) is 121 Å². The number of amides is 20. The second-order valence-electron chi connectivity index (χ2n) is 27.5. The fourth-order valence-corrected chi connectivity index (χ4v) is 10.2. The number of hydrogen-bond donors (Lipinski definition) is 22. The molecule has 6 radical (unpaired) electrons. The fourth-order valence-electron chi connectivity index (χ4n) is 10.2. The van der Waals surface area contributed by atoms with E-state index in [2.05, 4.69) is 197 Å². The Kier molecular flexibility index (Phi) is 112. The van der Waals surface area contributed by atoms with Gasteiger partial charge < -0.3 is 126 Å². The predicted molar refractivity (Wildman–Crippen MR) is 564 cm³/mol. The summed E-state index contributed by atoms with van der Waals surface area (Å²) < 4.78 is 0.